The Morgan fingerprint density at radius 1 is 0.900 bits per heavy atom. The normalized spacial score (nSPS) is 41.6. The van der Waals surface area contributed by atoms with Gasteiger partial charge in [-0.05, 0) is 65.4 Å². The van der Waals surface area contributed by atoms with Gasteiger partial charge in [-0.1, -0.05) is 58.9 Å². The molecule has 20 heavy (non-hydrogen) atoms. The molecule has 3 rings (SSSR count). The highest BCUT2D eigenvalue weighted by Crippen LogP contribution is 2.53. The molecule has 110 valence electrons. The second kappa shape index (κ2) is 5.20. The fraction of sp³-hybridized carbons (Fsp3) is 0.700. The van der Waals surface area contributed by atoms with Crippen molar-refractivity contribution in [3.05, 3.63) is 35.4 Å². The largest absolute Gasteiger partial charge is 0.0620 e. The van der Waals surface area contributed by atoms with Gasteiger partial charge in [0.2, 0.25) is 0 Å². The molecule has 1 saturated carbocycles. The van der Waals surface area contributed by atoms with E-state index >= 15 is 0 Å². The van der Waals surface area contributed by atoms with Gasteiger partial charge in [-0.3, -0.25) is 0 Å². The number of fused-ring (bicyclic) bond motifs is 1. The Labute approximate surface area is 125 Å². The summed E-state index contributed by atoms with van der Waals surface area (Å²) < 4.78 is 0. The molecule has 0 nitrogen and oxygen atoms in total. The van der Waals surface area contributed by atoms with Gasteiger partial charge in [0.1, 0.15) is 0 Å². The van der Waals surface area contributed by atoms with Gasteiger partial charge < -0.3 is 0 Å². The zero-order valence-electron chi connectivity index (χ0n) is 13.8. The summed E-state index contributed by atoms with van der Waals surface area (Å²) in [5, 5.41) is 0. The molecule has 1 fully saturated rings. The van der Waals surface area contributed by atoms with Crippen LogP contribution in [-0.2, 0) is 6.42 Å². The van der Waals surface area contributed by atoms with E-state index in [9.17, 15) is 0 Å². The van der Waals surface area contributed by atoms with Crippen LogP contribution < -0.4 is 0 Å². The molecule has 0 radical (unpaired) electrons. The zero-order valence-corrected chi connectivity index (χ0v) is 13.8. The molecule has 2 aliphatic rings. The van der Waals surface area contributed by atoms with Crippen LogP contribution in [0.4, 0.5) is 0 Å². The van der Waals surface area contributed by atoms with Crippen LogP contribution in [-0.4, -0.2) is 0 Å². The maximum Gasteiger partial charge on any atom is -0.0128 e. The van der Waals surface area contributed by atoms with Gasteiger partial charge in [0.15, 0.2) is 0 Å². The average Bonchev–Trinajstić information content (AvgIpc) is 2.96. The third-order valence-electron chi connectivity index (χ3n) is 7.12. The fourth-order valence-electron chi connectivity index (χ4n) is 5.50. The molecule has 0 aromatic heterocycles. The summed E-state index contributed by atoms with van der Waals surface area (Å²) >= 11 is 0. The Balaban J connectivity index is 1.85. The van der Waals surface area contributed by atoms with E-state index in [-0.39, 0.29) is 0 Å². The fourth-order valence-corrected chi connectivity index (χ4v) is 5.50. The summed E-state index contributed by atoms with van der Waals surface area (Å²) in [5.74, 6) is 6.06. The summed E-state index contributed by atoms with van der Waals surface area (Å²) in [7, 11) is 0. The molecule has 2 aliphatic carbocycles. The molecule has 0 N–H and O–H groups in total. The lowest BCUT2D eigenvalue weighted by Gasteiger charge is -2.33. The minimum absolute atomic E-state index is 0.804. The first kappa shape index (κ1) is 14.2. The smallest absolute Gasteiger partial charge is 0.0128 e. The third kappa shape index (κ3) is 2.03. The first-order valence-corrected chi connectivity index (χ1v) is 8.60. The van der Waals surface area contributed by atoms with Crippen LogP contribution in [0.5, 0.6) is 0 Å². The standard InChI is InChI=1S/C20H30/c1-12-13(2)15(4)20(14(12)3)16(5)18-11-10-17-8-6-7-9-19(17)18/h6-9,12-16,18,20H,10-11H2,1-5H3/t12-,13?,14?,15?,16+,18-,20?/m1/s1. The molecule has 0 heterocycles. The van der Waals surface area contributed by atoms with Gasteiger partial charge in [-0.25, -0.2) is 0 Å². The summed E-state index contributed by atoms with van der Waals surface area (Å²) in [6.45, 7) is 12.5. The first-order valence-electron chi connectivity index (χ1n) is 8.60. The van der Waals surface area contributed by atoms with Crippen LogP contribution in [0, 0.1) is 35.5 Å². The van der Waals surface area contributed by atoms with Crippen molar-refractivity contribution in [2.24, 2.45) is 35.5 Å². The van der Waals surface area contributed by atoms with Crippen molar-refractivity contribution in [2.45, 2.75) is 53.4 Å². The topological polar surface area (TPSA) is 0 Å². The van der Waals surface area contributed by atoms with Crippen LogP contribution in [0.2, 0.25) is 0 Å². The van der Waals surface area contributed by atoms with E-state index in [0.717, 1.165) is 41.4 Å². The Morgan fingerprint density at radius 2 is 1.50 bits per heavy atom. The SMILES string of the molecule is CC1C(C)[C@@H](C)C(C)C1[C@@H](C)[C@H]1CCc2ccccc21. The third-order valence-corrected chi connectivity index (χ3v) is 7.12. The monoisotopic (exact) mass is 270 g/mol. The molecule has 4 unspecified atom stereocenters. The van der Waals surface area contributed by atoms with E-state index in [4.69, 9.17) is 0 Å². The summed E-state index contributed by atoms with van der Waals surface area (Å²) in [4.78, 5) is 0. The quantitative estimate of drug-likeness (QED) is 0.663. The van der Waals surface area contributed by atoms with Crippen molar-refractivity contribution in [3.8, 4) is 0 Å². The van der Waals surface area contributed by atoms with Crippen molar-refractivity contribution in [1.29, 1.82) is 0 Å². The lowest BCUT2D eigenvalue weighted by Crippen LogP contribution is -2.25. The van der Waals surface area contributed by atoms with E-state index in [0.29, 0.717) is 0 Å². The number of rotatable bonds is 2. The zero-order chi connectivity index (χ0) is 14.4. The molecule has 0 amide bonds. The number of hydrogen-bond acceptors (Lipinski definition) is 0. The van der Waals surface area contributed by atoms with Gasteiger partial charge in [0, 0.05) is 0 Å². The minimum atomic E-state index is 0.804. The van der Waals surface area contributed by atoms with E-state index in [1.54, 1.807) is 11.1 Å². The first-order chi connectivity index (χ1) is 9.52. The van der Waals surface area contributed by atoms with Crippen molar-refractivity contribution in [3.63, 3.8) is 0 Å². The van der Waals surface area contributed by atoms with Gasteiger partial charge in [0.05, 0.1) is 0 Å². The van der Waals surface area contributed by atoms with E-state index < -0.39 is 0 Å². The Bertz CT molecular complexity index is 461. The van der Waals surface area contributed by atoms with Gasteiger partial charge >= 0.3 is 0 Å². The van der Waals surface area contributed by atoms with Crippen LogP contribution in [0.15, 0.2) is 24.3 Å². The summed E-state index contributed by atoms with van der Waals surface area (Å²) in [6, 6.07) is 9.17. The molecular formula is C20H30. The Kier molecular flexibility index (Phi) is 3.69. The maximum atomic E-state index is 2.54. The highest BCUT2D eigenvalue weighted by molar-refractivity contribution is 5.35. The predicted molar refractivity (Wildman–Crippen MR) is 86.8 cm³/mol. The number of benzene rings is 1. The second-order valence-corrected chi connectivity index (χ2v) is 7.72. The molecule has 0 saturated heterocycles. The lowest BCUT2D eigenvalue weighted by molar-refractivity contribution is 0.193. The van der Waals surface area contributed by atoms with E-state index in [1.165, 1.54) is 12.8 Å². The maximum absolute atomic E-state index is 2.54. The molecule has 1 aromatic rings. The van der Waals surface area contributed by atoms with Crippen molar-refractivity contribution in [2.75, 3.05) is 0 Å². The number of hydrogen-bond donors (Lipinski definition) is 0. The highest BCUT2D eigenvalue weighted by Gasteiger charge is 2.46. The van der Waals surface area contributed by atoms with Gasteiger partial charge in [-0.2, -0.15) is 0 Å². The molecule has 1 aromatic carbocycles. The Hall–Kier alpha value is -0.780. The lowest BCUT2D eigenvalue weighted by atomic mass is 9.72. The van der Waals surface area contributed by atoms with Crippen LogP contribution in [0.1, 0.15) is 58.1 Å². The molecule has 0 spiro atoms. The van der Waals surface area contributed by atoms with Crippen LogP contribution in [0.3, 0.4) is 0 Å². The van der Waals surface area contributed by atoms with E-state index in [2.05, 4.69) is 58.9 Å². The molecular weight excluding hydrogens is 240 g/mol. The predicted octanol–water partition coefficient (Wildman–Crippen LogP) is 5.53. The van der Waals surface area contributed by atoms with Crippen molar-refractivity contribution < 1.29 is 0 Å². The highest BCUT2D eigenvalue weighted by atomic mass is 14.5. The van der Waals surface area contributed by atoms with Crippen LogP contribution >= 0.6 is 0 Å². The van der Waals surface area contributed by atoms with Gasteiger partial charge in [0.25, 0.3) is 0 Å². The van der Waals surface area contributed by atoms with Crippen molar-refractivity contribution in [1.82, 2.24) is 0 Å². The molecule has 7 atom stereocenters. The Morgan fingerprint density at radius 3 is 2.15 bits per heavy atom. The second-order valence-electron chi connectivity index (χ2n) is 7.72. The van der Waals surface area contributed by atoms with Crippen molar-refractivity contribution >= 4 is 0 Å². The average molecular weight is 270 g/mol. The van der Waals surface area contributed by atoms with E-state index in [1.807, 2.05) is 0 Å². The molecule has 0 heteroatoms. The van der Waals surface area contributed by atoms with Crippen LogP contribution in [0.25, 0.3) is 0 Å². The minimum Gasteiger partial charge on any atom is -0.0620 e. The summed E-state index contributed by atoms with van der Waals surface area (Å²) in [5.41, 5.74) is 3.27. The molecule has 0 aliphatic heterocycles. The summed E-state index contributed by atoms with van der Waals surface area (Å²) in [6.07, 6.45) is 2.67. The number of aryl methyl sites for hydroxylation is 1. The molecule has 0 bridgehead atoms. The van der Waals surface area contributed by atoms with Gasteiger partial charge in [-0.15, -0.1) is 0 Å².